The minimum absolute atomic E-state index is 0.0384. The first kappa shape index (κ1) is 17.4. The quantitative estimate of drug-likeness (QED) is 0.738. The lowest BCUT2D eigenvalue weighted by atomic mass is 10.1. The molecule has 0 bridgehead atoms. The zero-order valence-electron chi connectivity index (χ0n) is 13.6. The van der Waals surface area contributed by atoms with Crippen molar-refractivity contribution >= 4 is 29.3 Å². The Morgan fingerprint density at radius 3 is 2.84 bits per heavy atom. The number of aromatic nitrogens is 1. The maximum Gasteiger partial charge on any atom is 0.225 e. The lowest BCUT2D eigenvalue weighted by molar-refractivity contribution is -0.124. The Labute approximate surface area is 150 Å². The van der Waals surface area contributed by atoms with Crippen LogP contribution in [0.5, 0.6) is 0 Å². The van der Waals surface area contributed by atoms with Crippen LogP contribution in [-0.4, -0.2) is 28.3 Å². The first-order valence-corrected chi connectivity index (χ1v) is 9.15. The van der Waals surface area contributed by atoms with Crippen molar-refractivity contribution in [2.75, 3.05) is 5.32 Å². The highest BCUT2D eigenvalue weighted by molar-refractivity contribution is 7.99. The van der Waals surface area contributed by atoms with Crippen molar-refractivity contribution in [3.63, 3.8) is 0 Å². The number of hydrogen-bond donors (Lipinski definition) is 3. The molecular weight excluding hydrogens is 336 g/mol. The monoisotopic (exact) mass is 356 g/mol. The van der Waals surface area contributed by atoms with E-state index in [2.05, 4.69) is 33.1 Å². The molecule has 6 nitrogen and oxygen atoms in total. The number of anilines is 1. The fourth-order valence-corrected chi connectivity index (χ4v) is 3.65. The van der Waals surface area contributed by atoms with Crippen molar-refractivity contribution in [2.45, 2.75) is 30.1 Å². The molecule has 3 N–H and O–H groups in total. The van der Waals surface area contributed by atoms with Crippen LogP contribution in [0.1, 0.15) is 18.4 Å². The molecule has 1 saturated heterocycles. The molecule has 2 amide bonds. The van der Waals surface area contributed by atoms with E-state index in [-0.39, 0.29) is 29.8 Å². The van der Waals surface area contributed by atoms with Gasteiger partial charge in [0.15, 0.2) is 0 Å². The van der Waals surface area contributed by atoms with E-state index >= 15 is 0 Å². The summed E-state index contributed by atoms with van der Waals surface area (Å²) in [6, 6.07) is 13.4. The van der Waals surface area contributed by atoms with Gasteiger partial charge in [-0.25, -0.2) is 0 Å². The molecule has 7 heteroatoms. The van der Waals surface area contributed by atoms with E-state index in [0.29, 0.717) is 12.1 Å². The van der Waals surface area contributed by atoms with E-state index in [9.17, 15) is 9.59 Å². The van der Waals surface area contributed by atoms with Crippen LogP contribution in [0.25, 0.3) is 0 Å². The van der Waals surface area contributed by atoms with Crippen LogP contribution in [0.2, 0.25) is 0 Å². The van der Waals surface area contributed by atoms with Crippen molar-refractivity contribution in [1.29, 1.82) is 0 Å². The third kappa shape index (κ3) is 5.58. The number of carbonyl (C=O) groups is 2. The summed E-state index contributed by atoms with van der Waals surface area (Å²) >= 11 is 1.60. The Bertz CT molecular complexity index is 712. The second-order valence-corrected chi connectivity index (χ2v) is 6.90. The summed E-state index contributed by atoms with van der Waals surface area (Å²) in [5.41, 5.74) is 1.65. The summed E-state index contributed by atoms with van der Waals surface area (Å²) in [7, 11) is 0. The van der Waals surface area contributed by atoms with Gasteiger partial charge < -0.3 is 10.6 Å². The van der Waals surface area contributed by atoms with Gasteiger partial charge in [-0.15, -0.1) is 11.8 Å². The summed E-state index contributed by atoms with van der Waals surface area (Å²) < 4.78 is 0. The Morgan fingerprint density at radius 2 is 2.08 bits per heavy atom. The fourth-order valence-electron chi connectivity index (χ4n) is 2.59. The first-order valence-electron chi connectivity index (χ1n) is 8.10. The van der Waals surface area contributed by atoms with Crippen LogP contribution in [-0.2, 0) is 15.3 Å². The molecule has 1 fully saturated rings. The number of thioether (sulfide) groups is 1. The van der Waals surface area contributed by atoms with Gasteiger partial charge in [0, 0.05) is 30.8 Å². The highest BCUT2D eigenvalue weighted by Crippen LogP contribution is 2.19. The molecule has 2 unspecified atom stereocenters. The van der Waals surface area contributed by atoms with Gasteiger partial charge in [0.25, 0.3) is 0 Å². The van der Waals surface area contributed by atoms with Gasteiger partial charge in [0.1, 0.15) is 5.50 Å². The fraction of sp³-hybridized carbons (Fsp3) is 0.278. The van der Waals surface area contributed by atoms with Crippen molar-refractivity contribution < 1.29 is 9.59 Å². The Balaban J connectivity index is 1.50. The summed E-state index contributed by atoms with van der Waals surface area (Å²) in [6.07, 6.45) is 3.78. The van der Waals surface area contributed by atoms with Gasteiger partial charge in [-0.2, -0.15) is 0 Å². The van der Waals surface area contributed by atoms with Gasteiger partial charge in [-0.05, 0) is 17.7 Å². The Morgan fingerprint density at radius 1 is 1.24 bits per heavy atom. The molecule has 1 aromatic carbocycles. The molecule has 1 aromatic heterocycles. The average molecular weight is 356 g/mol. The summed E-state index contributed by atoms with van der Waals surface area (Å²) in [4.78, 5) is 28.0. The molecule has 0 saturated carbocycles. The largest absolute Gasteiger partial charge is 0.332 e. The van der Waals surface area contributed by atoms with Gasteiger partial charge in [-0.1, -0.05) is 30.3 Å². The highest BCUT2D eigenvalue weighted by Gasteiger charge is 2.27. The third-order valence-corrected chi connectivity index (χ3v) is 4.83. The summed E-state index contributed by atoms with van der Waals surface area (Å²) in [6.45, 7) is 0. The first-order chi connectivity index (χ1) is 12.2. The molecule has 130 valence electrons. The minimum Gasteiger partial charge on any atom is -0.332 e. The van der Waals surface area contributed by atoms with Gasteiger partial charge >= 0.3 is 0 Å². The maximum atomic E-state index is 12.2. The smallest absolute Gasteiger partial charge is 0.225 e. The molecule has 2 aromatic rings. The summed E-state index contributed by atoms with van der Waals surface area (Å²) in [5.74, 6) is 0.614. The van der Waals surface area contributed by atoms with Crippen molar-refractivity contribution in [3.05, 3.63) is 60.4 Å². The lowest BCUT2D eigenvalue weighted by Crippen LogP contribution is -2.55. The zero-order valence-corrected chi connectivity index (χ0v) is 14.5. The SMILES string of the molecule is O=C(CC1CC(=O)NC(SCc2ccccc2)N1)Nc1cccnc1. The molecule has 3 rings (SSSR count). The third-order valence-electron chi connectivity index (χ3n) is 3.75. The van der Waals surface area contributed by atoms with Gasteiger partial charge in [-0.3, -0.25) is 19.9 Å². The van der Waals surface area contributed by atoms with Crippen LogP contribution in [0, 0.1) is 0 Å². The second kappa shape index (κ2) is 8.64. The number of benzene rings is 1. The summed E-state index contributed by atoms with van der Waals surface area (Å²) in [5, 5.41) is 9.03. The number of hydrogen-bond acceptors (Lipinski definition) is 5. The number of rotatable bonds is 6. The number of nitrogens with zero attached hydrogens (tertiary/aromatic N) is 1. The van der Waals surface area contributed by atoms with Gasteiger partial charge in [0.2, 0.25) is 11.8 Å². The highest BCUT2D eigenvalue weighted by atomic mass is 32.2. The van der Waals surface area contributed by atoms with E-state index in [1.54, 1.807) is 36.3 Å². The molecule has 1 aliphatic heterocycles. The number of nitrogens with one attached hydrogen (secondary N) is 3. The van der Waals surface area contributed by atoms with E-state index in [1.165, 1.54) is 5.56 Å². The molecule has 2 heterocycles. The lowest BCUT2D eigenvalue weighted by Gasteiger charge is -2.31. The van der Waals surface area contributed by atoms with Gasteiger partial charge in [0.05, 0.1) is 11.9 Å². The van der Waals surface area contributed by atoms with E-state index in [4.69, 9.17) is 0 Å². The molecular formula is C18H20N4O2S. The molecule has 1 aliphatic rings. The standard InChI is InChI=1S/C18H20N4O2S/c23-16(20-14-7-4-8-19-11-14)9-15-10-17(24)22-18(21-15)25-12-13-5-2-1-3-6-13/h1-8,11,15,18,21H,9-10,12H2,(H,20,23)(H,22,24). The molecule has 0 radical (unpaired) electrons. The van der Waals surface area contributed by atoms with Crippen molar-refractivity contribution in [1.82, 2.24) is 15.6 Å². The normalized spacial score (nSPS) is 19.9. The van der Waals surface area contributed by atoms with Crippen LogP contribution >= 0.6 is 11.8 Å². The molecule has 25 heavy (non-hydrogen) atoms. The average Bonchev–Trinajstić information content (AvgIpc) is 2.61. The maximum absolute atomic E-state index is 12.2. The predicted molar refractivity (Wildman–Crippen MR) is 98.7 cm³/mol. The number of amides is 2. The Hall–Kier alpha value is -2.38. The molecule has 2 atom stereocenters. The number of pyridine rings is 1. The second-order valence-electron chi connectivity index (χ2n) is 5.81. The van der Waals surface area contributed by atoms with Crippen molar-refractivity contribution in [3.8, 4) is 0 Å². The topological polar surface area (TPSA) is 83.1 Å². The van der Waals surface area contributed by atoms with E-state index in [0.717, 1.165) is 5.75 Å². The van der Waals surface area contributed by atoms with Crippen molar-refractivity contribution in [2.24, 2.45) is 0 Å². The van der Waals surface area contributed by atoms with Crippen LogP contribution in [0.3, 0.4) is 0 Å². The zero-order chi connectivity index (χ0) is 17.5. The van der Waals surface area contributed by atoms with E-state index in [1.807, 2.05) is 18.2 Å². The molecule has 0 aliphatic carbocycles. The number of carbonyl (C=O) groups excluding carboxylic acids is 2. The van der Waals surface area contributed by atoms with E-state index < -0.39 is 0 Å². The van der Waals surface area contributed by atoms with Crippen LogP contribution in [0.4, 0.5) is 5.69 Å². The minimum atomic E-state index is -0.197. The predicted octanol–water partition coefficient (Wildman–Crippen LogP) is 2.11. The van der Waals surface area contributed by atoms with Crippen LogP contribution < -0.4 is 16.0 Å². The molecule has 0 spiro atoms. The van der Waals surface area contributed by atoms with Crippen LogP contribution in [0.15, 0.2) is 54.9 Å². The Kier molecular flexibility index (Phi) is 6.03.